The molecule has 1 amide bonds. The highest BCUT2D eigenvalue weighted by molar-refractivity contribution is 6.33. The number of carbonyl (C=O) groups is 1. The van der Waals surface area contributed by atoms with Crippen molar-refractivity contribution in [2.24, 2.45) is 0 Å². The summed E-state index contributed by atoms with van der Waals surface area (Å²) in [6.45, 7) is 1.26. The van der Waals surface area contributed by atoms with E-state index >= 15 is 0 Å². The highest BCUT2D eigenvalue weighted by atomic mass is 35.5. The maximum Gasteiger partial charge on any atom is 0.232 e. The molecule has 0 aliphatic rings. The molecule has 0 aromatic carbocycles. The molecule has 2 heterocycles. The summed E-state index contributed by atoms with van der Waals surface area (Å²) in [6, 6.07) is 0. The first-order chi connectivity index (χ1) is 10.0. The fourth-order valence-electron chi connectivity index (χ4n) is 1.77. The second-order valence-electron chi connectivity index (χ2n) is 4.27. The van der Waals surface area contributed by atoms with Crippen LogP contribution in [0.4, 0.5) is 5.95 Å². The number of anilines is 1. The van der Waals surface area contributed by atoms with Crippen LogP contribution in [0.15, 0.2) is 18.0 Å². The fraction of sp³-hybridized carbons (Fsp3) is 0.333. The predicted molar refractivity (Wildman–Crippen MR) is 76.9 cm³/mol. The Morgan fingerprint density at radius 2 is 2.24 bits per heavy atom. The summed E-state index contributed by atoms with van der Waals surface area (Å²) in [7, 11) is 0. The summed E-state index contributed by atoms with van der Waals surface area (Å²) >= 11 is 6.01. The van der Waals surface area contributed by atoms with Crippen LogP contribution >= 0.6 is 11.6 Å². The molecule has 0 fully saturated rings. The van der Waals surface area contributed by atoms with Crippen molar-refractivity contribution in [2.45, 2.75) is 13.5 Å². The third kappa shape index (κ3) is 3.54. The third-order valence-electron chi connectivity index (χ3n) is 2.67. The molecule has 0 atom stereocenters. The molecule has 0 spiro atoms. The van der Waals surface area contributed by atoms with Gasteiger partial charge in [-0.15, -0.1) is 0 Å². The molecule has 0 radical (unpaired) electrons. The van der Waals surface area contributed by atoms with Gasteiger partial charge in [0.05, 0.1) is 19.5 Å². The minimum atomic E-state index is -0.312. The van der Waals surface area contributed by atoms with E-state index in [1.165, 1.54) is 19.3 Å². The summed E-state index contributed by atoms with van der Waals surface area (Å²) in [5.41, 5.74) is 1.43. The number of aliphatic hydroxyl groups excluding tert-OH is 2. The van der Waals surface area contributed by atoms with Gasteiger partial charge in [0.1, 0.15) is 5.52 Å². The lowest BCUT2D eigenvalue weighted by Crippen LogP contribution is -2.11. The van der Waals surface area contributed by atoms with Gasteiger partial charge in [0.25, 0.3) is 0 Å². The number of nitrogens with one attached hydrogen (secondary N) is 1. The monoisotopic (exact) mass is 311 g/mol. The number of carbonyl (C=O) groups excluding carboxylic acids is 1. The van der Waals surface area contributed by atoms with Gasteiger partial charge in [-0.05, 0) is 5.57 Å². The second kappa shape index (κ2) is 6.61. The van der Waals surface area contributed by atoms with Crippen molar-refractivity contribution in [2.75, 3.05) is 18.5 Å². The fourth-order valence-corrected chi connectivity index (χ4v) is 1.98. The van der Waals surface area contributed by atoms with Crippen LogP contribution in [0.5, 0.6) is 0 Å². The van der Waals surface area contributed by atoms with Crippen molar-refractivity contribution in [1.82, 2.24) is 19.5 Å². The summed E-state index contributed by atoms with van der Waals surface area (Å²) in [5.74, 6) is -0.230. The summed E-state index contributed by atoms with van der Waals surface area (Å²) in [6.07, 6.45) is 3.01. The van der Waals surface area contributed by atoms with E-state index in [2.05, 4.69) is 20.3 Å². The van der Waals surface area contributed by atoms with Crippen LogP contribution < -0.4 is 5.32 Å². The maximum atomic E-state index is 11.1. The number of hydrogen-bond acceptors (Lipinski definition) is 6. The molecular formula is C12H14ClN5O3. The molecule has 2 aromatic heterocycles. The number of aliphatic hydroxyl groups is 2. The molecule has 9 heteroatoms. The Balaban J connectivity index is 2.43. The number of fused-ring (bicyclic) bond motifs is 1. The van der Waals surface area contributed by atoms with Gasteiger partial charge in [-0.1, -0.05) is 17.7 Å². The molecule has 3 N–H and O–H groups in total. The number of amides is 1. The molecular weight excluding hydrogens is 298 g/mol. The Hall–Kier alpha value is -2.03. The lowest BCUT2D eigenvalue weighted by Gasteiger charge is -2.07. The highest BCUT2D eigenvalue weighted by Crippen LogP contribution is 2.21. The van der Waals surface area contributed by atoms with E-state index in [1.54, 1.807) is 4.57 Å². The van der Waals surface area contributed by atoms with Crippen molar-refractivity contribution < 1.29 is 15.0 Å². The number of aromatic nitrogens is 4. The predicted octanol–water partition coefficient (Wildman–Crippen LogP) is 0.349. The number of hydrogen-bond donors (Lipinski definition) is 3. The van der Waals surface area contributed by atoms with Gasteiger partial charge in [0.15, 0.2) is 10.8 Å². The van der Waals surface area contributed by atoms with Gasteiger partial charge in [0.2, 0.25) is 11.9 Å². The zero-order valence-electron chi connectivity index (χ0n) is 11.2. The number of nitrogens with zero attached hydrogens (tertiary/aromatic N) is 4. The lowest BCUT2D eigenvalue weighted by atomic mass is 10.2. The van der Waals surface area contributed by atoms with Gasteiger partial charge < -0.3 is 14.8 Å². The maximum absolute atomic E-state index is 11.1. The quantitative estimate of drug-likeness (QED) is 0.542. The van der Waals surface area contributed by atoms with E-state index < -0.39 is 0 Å². The average molecular weight is 312 g/mol. The van der Waals surface area contributed by atoms with E-state index in [0.29, 0.717) is 23.3 Å². The summed E-state index contributed by atoms with van der Waals surface area (Å²) in [5, 5.41) is 20.7. The molecule has 112 valence electrons. The van der Waals surface area contributed by atoms with Crippen LogP contribution in [0.2, 0.25) is 5.15 Å². The van der Waals surface area contributed by atoms with Gasteiger partial charge in [0, 0.05) is 13.5 Å². The van der Waals surface area contributed by atoms with Gasteiger partial charge >= 0.3 is 0 Å². The molecule has 8 nitrogen and oxygen atoms in total. The Morgan fingerprint density at radius 3 is 2.86 bits per heavy atom. The number of halogens is 1. The lowest BCUT2D eigenvalue weighted by molar-refractivity contribution is -0.114. The van der Waals surface area contributed by atoms with Crippen molar-refractivity contribution in [3.8, 4) is 0 Å². The Kier molecular flexibility index (Phi) is 4.84. The second-order valence-corrected chi connectivity index (χ2v) is 4.62. The first kappa shape index (κ1) is 15.4. The Labute approximate surface area is 125 Å². The number of imidazole rings is 1. The molecule has 21 heavy (non-hydrogen) atoms. The Bertz CT molecular complexity index is 698. The van der Waals surface area contributed by atoms with Crippen molar-refractivity contribution in [3.63, 3.8) is 0 Å². The highest BCUT2D eigenvalue weighted by Gasteiger charge is 2.13. The topological polar surface area (TPSA) is 113 Å². The summed E-state index contributed by atoms with van der Waals surface area (Å²) < 4.78 is 1.64. The first-order valence-corrected chi connectivity index (χ1v) is 6.48. The van der Waals surface area contributed by atoms with Crippen LogP contribution in [0.3, 0.4) is 0 Å². The molecule has 0 saturated carbocycles. The third-order valence-corrected chi connectivity index (χ3v) is 2.93. The van der Waals surface area contributed by atoms with E-state index in [9.17, 15) is 9.90 Å². The van der Waals surface area contributed by atoms with Crippen LogP contribution in [0.25, 0.3) is 11.2 Å². The van der Waals surface area contributed by atoms with E-state index in [4.69, 9.17) is 16.7 Å². The Morgan fingerprint density at radius 1 is 1.48 bits per heavy atom. The van der Waals surface area contributed by atoms with Crippen LogP contribution in [0.1, 0.15) is 6.92 Å². The van der Waals surface area contributed by atoms with Crippen LogP contribution in [-0.4, -0.2) is 48.9 Å². The summed E-state index contributed by atoms with van der Waals surface area (Å²) in [4.78, 5) is 23.3. The van der Waals surface area contributed by atoms with Gasteiger partial charge in [-0.25, -0.2) is 4.98 Å². The zero-order valence-corrected chi connectivity index (χ0v) is 12.0. The molecule has 2 aromatic rings. The van der Waals surface area contributed by atoms with Crippen LogP contribution in [-0.2, 0) is 11.3 Å². The van der Waals surface area contributed by atoms with E-state index in [0.717, 1.165) is 0 Å². The van der Waals surface area contributed by atoms with Gasteiger partial charge in [-0.2, -0.15) is 9.97 Å². The van der Waals surface area contributed by atoms with Crippen molar-refractivity contribution in [3.05, 3.63) is 23.1 Å². The normalized spacial score (nSPS) is 11.9. The van der Waals surface area contributed by atoms with Crippen molar-refractivity contribution in [1.29, 1.82) is 0 Å². The first-order valence-electron chi connectivity index (χ1n) is 6.10. The SMILES string of the molecule is CC(=O)Nc1nc(Cl)c2ncn(C/C(=C/CO)CO)c2n1. The number of rotatable bonds is 5. The molecule has 0 aliphatic heterocycles. The molecule has 0 aliphatic carbocycles. The van der Waals surface area contributed by atoms with Gasteiger partial charge in [-0.3, -0.25) is 10.1 Å². The zero-order chi connectivity index (χ0) is 15.4. The van der Waals surface area contributed by atoms with Crippen LogP contribution in [0, 0.1) is 0 Å². The van der Waals surface area contributed by atoms with Crippen molar-refractivity contribution >= 4 is 34.6 Å². The molecule has 0 saturated heterocycles. The minimum Gasteiger partial charge on any atom is -0.392 e. The van der Waals surface area contributed by atoms with E-state index in [-0.39, 0.29) is 30.2 Å². The largest absolute Gasteiger partial charge is 0.392 e. The molecule has 0 bridgehead atoms. The molecule has 2 rings (SSSR count). The average Bonchev–Trinajstić information content (AvgIpc) is 2.81. The minimum absolute atomic E-state index is 0.0819. The smallest absolute Gasteiger partial charge is 0.232 e. The standard InChI is InChI=1S/C12H14ClN5O3/c1-7(21)15-12-16-10(13)9-11(17-12)18(6-14-9)4-8(5-20)2-3-19/h2,6,19-20H,3-5H2,1H3,(H,15,16,17,21)/b8-2-. The van der Waals surface area contributed by atoms with E-state index in [1.807, 2.05) is 0 Å². The molecule has 0 unspecified atom stereocenters.